The van der Waals surface area contributed by atoms with Crippen LogP contribution in [0.25, 0.3) is 0 Å². The van der Waals surface area contributed by atoms with Crippen molar-refractivity contribution in [1.29, 1.82) is 0 Å². The first-order valence-electron chi connectivity index (χ1n) is 9.93. The Kier molecular flexibility index (Phi) is 4.99. The molecule has 29 heavy (non-hydrogen) atoms. The van der Waals surface area contributed by atoms with Gasteiger partial charge in [0.1, 0.15) is 18.1 Å². The van der Waals surface area contributed by atoms with Gasteiger partial charge in [-0.15, -0.1) is 11.3 Å². The standard InChI is InChI=1S/C20H23N7OS/c28-19(24-15-3-1-2-4-18(15)26-9-6-21-7-10-26)17-12-29-20(25-17)27-8-5-14-16(11-27)23-13-22-14/h1-4,12-13,16,21H,5-11H2,(H,24,28). The van der Waals surface area contributed by atoms with E-state index in [-0.39, 0.29) is 11.9 Å². The first-order chi connectivity index (χ1) is 14.3. The number of carbonyl (C=O) groups excluding carboxylic acids is 1. The van der Waals surface area contributed by atoms with Gasteiger partial charge in [0, 0.05) is 56.8 Å². The molecule has 0 radical (unpaired) electrons. The molecule has 9 heteroatoms. The molecule has 150 valence electrons. The van der Waals surface area contributed by atoms with Gasteiger partial charge in [0.15, 0.2) is 5.13 Å². The highest BCUT2D eigenvalue weighted by atomic mass is 32.1. The number of hydrogen-bond acceptors (Lipinski definition) is 8. The number of fused-ring (bicyclic) bond motifs is 1. The molecular weight excluding hydrogens is 386 g/mol. The summed E-state index contributed by atoms with van der Waals surface area (Å²) >= 11 is 1.50. The molecule has 0 bridgehead atoms. The molecule has 1 amide bonds. The van der Waals surface area contributed by atoms with E-state index >= 15 is 0 Å². The van der Waals surface area contributed by atoms with Crippen molar-refractivity contribution in [3.8, 4) is 0 Å². The van der Waals surface area contributed by atoms with Gasteiger partial charge in [-0.25, -0.2) is 9.98 Å². The summed E-state index contributed by atoms with van der Waals surface area (Å²) in [5.74, 6) is -0.173. The molecule has 1 unspecified atom stereocenters. The van der Waals surface area contributed by atoms with Crippen LogP contribution in [0.3, 0.4) is 0 Å². The lowest BCUT2D eigenvalue weighted by atomic mass is 10.1. The van der Waals surface area contributed by atoms with Crippen LogP contribution in [-0.2, 0) is 0 Å². The minimum Gasteiger partial charge on any atom is -0.367 e. The van der Waals surface area contributed by atoms with E-state index in [0.29, 0.717) is 5.69 Å². The third-order valence-electron chi connectivity index (χ3n) is 5.49. The quantitative estimate of drug-likeness (QED) is 0.805. The Balaban J connectivity index is 1.29. The van der Waals surface area contributed by atoms with Crippen LogP contribution < -0.4 is 20.4 Å². The number of aliphatic imine (C=N–C) groups is 2. The van der Waals surface area contributed by atoms with Crippen molar-refractivity contribution in [3.05, 3.63) is 35.3 Å². The van der Waals surface area contributed by atoms with E-state index in [4.69, 9.17) is 0 Å². The summed E-state index contributed by atoms with van der Waals surface area (Å²) in [6.07, 6.45) is 2.55. The van der Waals surface area contributed by atoms with Gasteiger partial charge in [0.05, 0.1) is 11.4 Å². The van der Waals surface area contributed by atoms with Crippen LogP contribution in [0.4, 0.5) is 16.5 Å². The third-order valence-corrected chi connectivity index (χ3v) is 6.39. The molecule has 8 nitrogen and oxygen atoms in total. The molecule has 1 aromatic carbocycles. The van der Waals surface area contributed by atoms with Crippen LogP contribution in [-0.4, -0.2) is 68.3 Å². The molecule has 0 aliphatic carbocycles. The summed E-state index contributed by atoms with van der Waals surface area (Å²) in [5, 5.41) is 9.12. The van der Waals surface area contributed by atoms with Crippen molar-refractivity contribution in [1.82, 2.24) is 10.3 Å². The Morgan fingerprint density at radius 3 is 2.93 bits per heavy atom. The number of rotatable bonds is 4. The number of anilines is 3. The number of aromatic nitrogens is 1. The molecule has 3 aliphatic rings. The summed E-state index contributed by atoms with van der Waals surface area (Å²) in [6.45, 7) is 5.39. The van der Waals surface area contributed by atoms with Crippen LogP contribution >= 0.6 is 11.3 Å². The molecule has 0 spiro atoms. The highest BCUT2D eigenvalue weighted by molar-refractivity contribution is 7.14. The first kappa shape index (κ1) is 18.3. The van der Waals surface area contributed by atoms with Gasteiger partial charge in [-0.3, -0.25) is 9.79 Å². The Labute approximate surface area is 173 Å². The van der Waals surface area contributed by atoms with E-state index in [0.717, 1.165) is 67.9 Å². The predicted octanol–water partition coefficient (Wildman–Crippen LogP) is 1.87. The van der Waals surface area contributed by atoms with Gasteiger partial charge >= 0.3 is 0 Å². The minimum atomic E-state index is -0.173. The highest BCUT2D eigenvalue weighted by Crippen LogP contribution is 2.28. The molecule has 4 heterocycles. The van der Waals surface area contributed by atoms with E-state index in [1.807, 2.05) is 23.6 Å². The van der Waals surface area contributed by atoms with Crippen LogP contribution in [0.5, 0.6) is 0 Å². The van der Waals surface area contributed by atoms with E-state index in [1.54, 1.807) is 6.34 Å². The van der Waals surface area contributed by atoms with E-state index in [1.165, 1.54) is 11.3 Å². The highest BCUT2D eigenvalue weighted by Gasteiger charge is 2.28. The fraction of sp³-hybridized carbons (Fsp3) is 0.400. The number of amides is 1. The van der Waals surface area contributed by atoms with Crippen molar-refractivity contribution < 1.29 is 4.79 Å². The fourth-order valence-corrected chi connectivity index (χ4v) is 4.77. The molecule has 3 aliphatic heterocycles. The maximum absolute atomic E-state index is 12.9. The van der Waals surface area contributed by atoms with Crippen molar-refractivity contribution >= 4 is 45.8 Å². The zero-order valence-electron chi connectivity index (χ0n) is 16.0. The Morgan fingerprint density at radius 1 is 1.17 bits per heavy atom. The zero-order valence-corrected chi connectivity index (χ0v) is 16.9. The Bertz CT molecular complexity index is 963. The number of nitrogens with one attached hydrogen (secondary N) is 2. The van der Waals surface area contributed by atoms with Crippen molar-refractivity contribution in [2.24, 2.45) is 9.98 Å². The summed E-state index contributed by atoms with van der Waals surface area (Å²) in [6, 6.07) is 8.10. The lowest BCUT2D eigenvalue weighted by molar-refractivity contribution is 0.102. The second-order valence-corrected chi connectivity index (χ2v) is 8.16. The average Bonchev–Trinajstić information content (AvgIpc) is 3.44. The molecule has 1 atom stereocenters. The molecule has 2 aromatic rings. The maximum atomic E-state index is 12.9. The summed E-state index contributed by atoms with van der Waals surface area (Å²) in [5.41, 5.74) is 3.49. The molecule has 2 N–H and O–H groups in total. The minimum absolute atomic E-state index is 0.135. The number of thiazole rings is 1. The van der Waals surface area contributed by atoms with Gasteiger partial charge in [0.25, 0.3) is 5.91 Å². The SMILES string of the molecule is O=C(Nc1ccccc1N1CCNCC1)c1csc(N2CCC3=NC=NC3C2)n1. The number of carbonyl (C=O) groups is 1. The maximum Gasteiger partial charge on any atom is 0.275 e. The zero-order chi connectivity index (χ0) is 19.6. The normalized spacial score (nSPS) is 21.1. The topological polar surface area (TPSA) is 85.2 Å². The fourth-order valence-electron chi connectivity index (χ4n) is 3.93. The van der Waals surface area contributed by atoms with Crippen molar-refractivity contribution in [2.75, 3.05) is 54.4 Å². The smallest absolute Gasteiger partial charge is 0.275 e. The van der Waals surface area contributed by atoms with Gasteiger partial charge in [0.2, 0.25) is 0 Å². The number of hydrogen-bond donors (Lipinski definition) is 2. The number of nitrogens with zero attached hydrogens (tertiary/aromatic N) is 5. The molecule has 2 fully saturated rings. The number of benzene rings is 1. The van der Waals surface area contributed by atoms with Gasteiger partial charge in [-0.1, -0.05) is 12.1 Å². The average molecular weight is 410 g/mol. The number of piperidine rings is 1. The molecule has 2 saturated heterocycles. The second kappa shape index (κ2) is 7.92. The monoisotopic (exact) mass is 409 g/mol. The Hall–Kier alpha value is -2.78. The van der Waals surface area contributed by atoms with Gasteiger partial charge in [-0.05, 0) is 12.1 Å². The number of para-hydroxylation sites is 2. The molecular formula is C20H23N7OS. The third kappa shape index (κ3) is 3.75. The summed E-state index contributed by atoms with van der Waals surface area (Å²) in [4.78, 5) is 30.7. The van der Waals surface area contributed by atoms with E-state index in [9.17, 15) is 4.79 Å². The lowest BCUT2D eigenvalue weighted by Crippen LogP contribution is -2.43. The summed E-state index contributed by atoms with van der Waals surface area (Å²) < 4.78 is 0. The van der Waals surface area contributed by atoms with Gasteiger partial charge < -0.3 is 20.4 Å². The number of piperazine rings is 1. The van der Waals surface area contributed by atoms with Gasteiger partial charge in [-0.2, -0.15) is 0 Å². The summed E-state index contributed by atoms with van der Waals surface area (Å²) in [7, 11) is 0. The first-order valence-corrected chi connectivity index (χ1v) is 10.8. The van der Waals surface area contributed by atoms with E-state index < -0.39 is 0 Å². The second-order valence-electron chi connectivity index (χ2n) is 7.32. The predicted molar refractivity (Wildman–Crippen MR) is 118 cm³/mol. The lowest BCUT2D eigenvalue weighted by Gasteiger charge is -2.31. The van der Waals surface area contributed by atoms with Crippen molar-refractivity contribution in [3.63, 3.8) is 0 Å². The van der Waals surface area contributed by atoms with Crippen LogP contribution in [0, 0.1) is 0 Å². The largest absolute Gasteiger partial charge is 0.367 e. The molecule has 1 aromatic heterocycles. The molecule has 0 saturated carbocycles. The van der Waals surface area contributed by atoms with Crippen LogP contribution in [0.2, 0.25) is 0 Å². The van der Waals surface area contributed by atoms with E-state index in [2.05, 4.69) is 41.5 Å². The van der Waals surface area contributed by atoms with Crippen LogP contribution in [0.15, 0.2) is 39.6 Å². The molecule has 5 rings (SSSR count). The van der Waals surface area contributed by atoms with Crippen LogP contribution in [0.1, 0.15) is 16.9 Å². The van der Waals surface area contributed by atoms with Crippen molar-refractivity contribution in [2.45, 2.75) is 12.5 Å². The Morgan fingerprint density at radius 2 is 2.03 bits per heavy atom.